The number of anilines is 1. The van der Waals surface area contributed by atoms with Crippen molar-refractivity contribution in [1.82, 2.24) is 9.78 Å². The Morgan fingerprint density at radius 1 is 1.32 bits per heavy atom. The molecule has 2 aromatic rings. The number of hydrogen-bond donors (Lipinski definition) is 1. The molecule has 0 fully saturated rings. The smallest absolute Gasteiger partial charge is 0.258 e. The van der Waals surface area contributed by atoms with E-state index in [9.17, 15) is 4.79 Å². The van der Waals surface area contributed by atoms with Crippen LogP contribution in [0.25, 0.3) is 0 Å². The van der Waals surface area contributed by atoms with Crippen molar-refractivity contribution in [3.63, 3.8) is 0 Å². The van der Waals surface area contributed by atoms with Gasteiger partial charge in [-0.25, -0.2) is 0 Å². The van der Waals surface area contributed by atoms with E-state index in [1.807, 2.05) is 12.1 Å². The number of nitrogens with zero attached hydrogens (tertiary/aromatic N) is 2. The summed E-state index contributed by atoms with van der Waals surface area (Å²) in [7, 11) is 1.79. The molecule has 1 aromatic heterocycles. The van der Waals surface area contributed by atoms with Crippen molar-refractivity contribution in [1.29, 1.82) is 0 Å². The molecular formula is C15H19N3O. The number of aryl methyl sites for hydroxylation is 2. The van der Waals surface area contributed by atoms with Gasteiger partial charge in [0.1, 0.15) is 0 Å². The standard InChI is InChI=1S/C15H19N3O/c1-3-4-5-12-6-8-14(9-7-12)17-15(19)13-10-16-18(2)11-13/h6-11H,3-5H2,1-2H3,(H,17,19). The van der Waals surface area contributed by atoms with Gasteiger partial charge >= 0.3 is 0 Å². The SMILES string of the molecule is CCCCc1ccc(NC(=O)c2cnn(C)c2)cc1. The molecule has 1 aromatic carbocycles. The van der Waals surface area contributed by atoms with E-state index in [0.717, 1.165) is 12.1 Å². The molecule has 0 saturated carbocycles. The zero-order chi connectivity index (χ0) is 13.7. The van der Waals surface area contributed by atoms with E-state index in [0.29, 0.717) is 5.56 Å². The lowest BCUT2D eigenvalue weighted by atomic mass is 10.1. The third-order valence-corrected chi connectivity index (χ3v) is 3.00. The van der Waals surface area contributed by atoms with Gasteiger partial charge in [0.15, 0.2) is 0 Å². The quantitative estimate of drug-likeness (QED) is 0.895. The number of amides is 1. The summed E-state index contributed by atoms with van der Waals surface area (Å²) in [5.41, 5.74) is 2.69. The van der Waals surface area contributed by atoms with E-state index in [2.05, 4.69) is 29.5 Å². The van der Waals surface area contributed by atoms with Crippen molar-refractivity contribution in [3.8, 4) is 0 Å². The first-order valence-corrected chi connectivity index (χ1v) is 6.58. The van der Waals surface area contributed by atoms with Gasteiger partial charge in [0.05, 0.1) is 11.8 Å². The molecule has 1 heterocycles. The fourth-order valence-electron chi connectivity index (χ4n) is 1.88. The summed E-state index contributed by atoms with van der Waals surface area (Å²) in [5.74, 6) is -0.130. The van der Waals surface area contributed by atoms with Crippen molar-refractivity contribution >= 4 is 11.6 Å². The summed E-state index contributed by atoms with van der Waals surface area (Å²) in [6.07, 6.45) is 6.74. The maximum Gasteiger partial charge on any atom is 0.258 e. The van der Waals surface area contributed by atoms with Crippen LogP contribution >= 0.6 is 0 Å². The summed E-state index contributed by atoms with van der Waals surface area (Å²) in [6.45, 7) is 2.18. The van der Waals surface area contributed by atoms with Crippen LogP contribution in [0.5, 0.6) is 0 Å². The number of carbonyl (C=O) groups excluding carboxylic acids is 1. The second kappa shape index (κ2) is 6.18. The number of rotatable bonds is 5. The number of unbranched alkanes of at least 4 members (excludes halogenated alkanes) is 1. The number of hydrogen-bond acceptors (Lipinski definition) is 2. The molecule has 19 heavy (non-hydrogen) atoms. The third kappa shape index (κ3) is 3.68. The molecule has 4 heteroatoms. The highest BCUT2D eigenvalue weighted by Gasteiger charge is 2.07. The van der Waals surface area contributed by atoms with Crippen LogP contribution < -0.4 is 5.32 Å². The second-order valence-electron chi connectivity index (χ2n) is 4.66. The summed E-state index contributed by atoms with van der Waals surface area (Å²) >= 11 is 0. The fraction of sp³-hybridized carbons (Fsp3) is 0.333. The third-order valence-electron chi connectivity index (χ3n) is 3.00. The summed E-state index contributed by atoms with van der Waals surface area (Å²) in [5, 5.41) is 6.85. The predicted octanol–water partition coefficient (Wildman–Crippen LogP) is 3.02. The number of benzene rings is 1. The fourth-order valence-corrected chi connectivity index (χ4v) is 1.88. The van der Waals surface area contributed by atoms with Crippen molar-refractivity contribution in [2.75, 3.05) is 5.32 Å². The topological polar surface area (TPSA) is 46.9 Å². The molecule has 0 unspecified atom stereocenters. The van der Waals surface area contributed by atoms with Gasteiger partial charge in [-0.1, -0.05) is 25.5 Å². The molecule has 0 bridgehead atoms. The molecule has 0 atom stereocenters. The Bertz CT molecular complexity index is 543. The monoisotopic (exact) mass is 257 g/mol. The maximum absolute atomic E-state index is 11.9. The summed E-state index contributed by atoms with van der Waals surface area (Å²) < 4.78 is 1.61. The van der Waals surface area contributed by atoms with Crippen LogP contribution in [0.4, 0.5) is 5.69 Å². The van der Waals surface area contributed by atoms with Gasteiger partial charge in [-0.15, -0.1) is 0 Å². The average Bonchev–Trinajstić information content (AvgIpc) is 2.85. The van der Waals surface area contributed by atoms with Crippen LogP contribution in [0.3, 0.4) is 0 Å². The van der Waals surface area contributed by atoms with Crippen molar-refractivity contribution in [2.24, 2.45) is 7.05 Å². The lowest BCUT2D eigenvalue weighted by Gasteiger charge is -2.05. The first-order chi connectivity index (χ1) is 9.19. The van der Waals surface area contributed by atoms with Gasteiger partial charge in [-0.2, -0.15) is 5.10 Å². The van der Waals surface area contributed by atoms with Gasteiger partial charge in [0, 0.05) is 18.9 Å². The molecule has 0 aliphatic heterocycles. The summed E-state index contributed by atoms with van der Waals surface area (Å²) in [6, 6.07) is 8.02. The number of carbonyl (C=O) groups is 1. The molecule has 4 nitrogen and oxygen atoms in total. The first kappa shape index (κ1) is 13.3. The highest BCUT2D eigenvalue weighted by molar-refractivity contribution is 6.03. The minimum absolute atomic E-state index is 0.130. The molecule has 1 N–H and O–H groups in total. The first-order valence-electron chi connectivity index (χ1n) is 6.58. The minimum Gasteiger partial charge on any atom is -0.322 e. The van der Waals surface area contributed by atoms with Gasteiger partial charge in [-0.3, -0.25) is 9.48 Å². The van der Waals surface area contributed by atoms with Crippen molar-refractivity contribution in [2.45, 2.75) is 26.2 Å². The Labute approximate surface area is 113 Å². The van der Waals surface area contributed by atoms with Gasteiger partial charge < -0.3 is 5.32 Å². The summed E-state index contributed by atoms with van der Waals surface area (Å²) in [4.78, 5) is 11.9. The van der Waals surface area contributed by atoms with E-state index in [4.69, 9.17) is 0 Å². The van der Waals surface area contributed by atoms with Crippen LogP contribution in [0.1, 0.15) is 35.7 Å². The lowest BCUT2D eigenvalue weighted by Crippen LogP contribution is -2.11. The molecule has 100 valence electrons. The molecule has 2 rings (SSSR count). The molecule has 0 aliphatic rings. The van der Waals surface area contributed by atoms with Crippen LogP contribution in [0, 0.1) is 0 Å². The van der Waals surface area contributed by atoms with E-state index >= 15 is 0 Å². The molecule has 0 saturated heterocycles. The lowest BCUT2D eigenvalue weighted by molar-refractivity contribution is 0.102. The van der Waals surface area contributed by atoms with Crippen molar-refractivity contribution in [3.05, 3.63) is 47.8 Å². The molecule has 0 radical (unpaired) electrons. The molecule has 1 amide bonds. The zero-order valence-corrected chi connectivity index (χ0v) is 11.4. The minimum atomic E-state index is -0.130. The van der Waals surface area contributed by atoms with Crippen molar-refractivity contribution < 1.29 is 4.79 Å². The second-order valence-corrected chi connectivity index (χ2v) is 4.66. The molecule has 0 spiro atoms. The van der Waals surface area contributed by atoms with E-state index in [1.165, 1.54) is 18.4 Å². The van der Waals surface area contributed by atoms with Crippen LogP contribution in [0.2, 0.25) is 0 Å². The molecule has 0 aliphatic carbocycles. The van der Waals surface area contributed by atoms with Crippen LogP contribution in [-0.2, 0) is 13.5 Å². The maximum atomic E-state index is 11.9. The number of aromatic nitrogens is 2. The highest BCUT2D eigenvalue weighted by atomic mass is 16.1. The highest BCUT2D eigenvalue weighted by Crippen LogP contribution is 2.13. The number of nitrogens with one attached hydrogen (secondary N) is 1. The van der Waals surface area contributed by atoms with E-state index in [-0.39, 0.29) is 5.91 Å². The predicted molar refractivity (Wildman–Crippen MR) is 76.2 cm³/mol. The van der Waals surface area contributed by atoms with Gasteiger partial charge in [0.2, 0.25) is 0 Å². The molecular weight excluding hydrogens is 238 g/mol. The Morgan fingerprint density at radius 3 is 2.63 bits per heavy atom. The van der Waals surface area contributed by atoms with Crippen LogP contribution in [0.15, 0.2) is 36.7 Å². The zero-order valence-electron chi connectivity index (χ0n) is 11.4. The van der Waals surface area contributed by atoms with Gasteiger partial charge in [-0.05, 0) is 30.5 Å². The van der Waals surface area contributed by atoms with Gasteiger partial charge in [0.25, 0.3) is 5.91 Å². The Morgan fingerprint density at radius 2 is 2.05 bits per heavy atom. The van der Waals surface area contributed by atoms with E-state index in [1.54, 1.807) is 24.1 Å². The Hall–Kier alpha value is -2.10. The Balaban J connectivity index is 1.97. The van der Waals surface area contributed by atoms with Crippen LogP contribution in [-0.4, -0.2) is 15.7 Å². The Kier molecular flexibility index (Phi) is 4.34. The average molecular weight is 257 g/mol. The van der Waals surface area contributed by atoms with E-state index < -0.39 is 0 Å². The normalized spacial score (nSPS) is 10.4. The largest absolute Gasteiger partial charge is 0.322 e.